The van der Waals surface area contributed by atoms with Crippen LogP contribution in [0.2, 0.25) is 0 Å². The molecule has 2 aromatic rings. The van der Waals surface area contributed by atoms with Gasteiger partial charge in [0.1, 0.15) is 11.6 Å². The van der Waals surface area contributed by atoms with Crippen molar-refractivity contribution in [2.75, 3.05) is 39.4 Å². The summed E-state index contributed by atoms with van der Waals surface area (Å²) in [5, 5.41) is 6.47. The normalized spacial score (nSPS) is 15.2. The highest BCUT2D eigenvalue weighted by Crippen LogP contribution is 2.14. The smallest absolute Gasteiger partial charge is 0.191 e. The predicted molar refractivity (Wildman–Crippen MR) is 115 cm³/mol. The highest BCUT2D eigenvalue weighted by molar-refractivity contribution is 5.79. The van der Waals surface area contributed by atoms with Crippen LogP contribution in [-0.2, 0) is 24.2 Å². The minimum absolute atomic E-state index is 0.507. The first kappa shape index (κ1) is 22.2. The van der Waals surface area contributed by atoms with E-state index in [2.05, 4.69) is 33.7 Å². The topological polar surface area (TPSA) is 48.9 Å². The van der Waals surface area contributed by atoms with Gasteiger partial charge in [-0.1, -0.05) is 24.3 Å². The molecule has 162 valence electrons. The van der Waals surface area contributed by atoms with Gasteiger partial charge < -0.3 is 15.4 Å². The van der Waals surface area contributed by atoms with Crippen LogP contribution in [0.3, 0.4) is 0 Å². The van der Waals surface area contributed by atoms with Crippen LogP contribution in [0.25, 0.3) is 0 Å². The molecule has 0 bridgehead atoms. The van der Waals surface area contributed by atoms with E-state index in [0.29, 0.717) is 31.0 Å². The molecule has 30 heavy (non-hydrogen) atoms. The van der Waals surface area contributed by atoms with Crippen molar-refractivity contribution in [3.8, 4) is 0 Å². The number of halogens is 2. The summed E-state index contributed by atoms with van der Waals surface area (Å²) < 4.78 is 32.1. The number of guanidine groups is 1. The summed E-state index contributed by atoms with van der Waals surface area (Å²) in [6, 6.07) is 12.0. The molecule has 0 atom stereocenters. The average Bonchev–Trinajstić information content (AvgIpc) is 2.73. The summed E-state index contributed by atoms with van der Waals surface area (Å²) in [5.74, 6) is -0.416. The lowest BCUT2D eigenvalue weighted by Crippen LogP contribution is -2.38. The van der Waals surface area contributed by atoms with Crippen molar-refractivity contribution in [3.63, 3.8) is 0 Å². The van der Waals surface area contributed by atoms with E-state index in [4.69, 9.17) is 9.73 Å². The third kappa shape index (κ3) is 7.07. The molecule has 0 radical (unpaired) electrons. The molecule has 0 unspecified atom stereocenters. The summed E-state index contributed by atoms with van der Waals surface area (Å²) >= 11 is 0. The largest absolute Gasteiger partial charge is 0.379 e. The van der Waals surface area contributed by atoms with E-state index >= 15 is 0 Å². The number of morpholine rings is 1. The van der Waals surface area contributed by atoms with Crippen molar-refractivity contribution in [2.45, 2.75) is 26.4 Å². The zero-order valence-electron chi connectivity index (χ0n) is 17.5. The number of ether oxygens (including phenoxy) is 1. The fraction of sp³-hybridized carbons (Fsp3) is 0.435. The fourth-order valence-electron chi connectivity index (χ4n) is 3.45. The number of hydrogen-bond donors (Lipinski definition) is 2. The van der Waals surface area contributed by atoms with Crippen LogP contribution in [0, 0.1) is 11.6 Å². The summed E-state index contributed by atoms with van der Waals surface area (Å²) in [5.41, 5.74) is 3.08. The van der Waals surface area contributed by atoms with Crippen LogP contribution in [0.5, 0.6) is 0 Å². The van der Waals surface area contributed by atoms with Gasteiger partial charge in [-0.2, -0.15) is 0 Å². The van der Waals surface area contributed by atoms with Crippen LogP contribution in [-0.4, -0.2) is 50.3 Å². The van der Waals surface area contributed by atoms with E-state index in [1.54, 1.807) is 0 Å². The van der Waals surface area contributed by atoms with E-state index in [1.807, 2.05) is 13.0 Å². The molecule has 0 aromatic heterocycles. The molecule has 7 heteroatoms. The first-order chi connectivity index (χ1) is 14.6. The Balaban J connectivity index is 1.58. The van der Waals surface area contributed by atoms with Gasteiger partial charge in [-0.15, -0.1) is 0 Å². The van der Waals surface area contributed by atoms with Gasteiger partial charge in [0.05, 0.1) is 19.8 Å². The van der Waals surface area contributed by atoms with Crippen LogP contribution >= 0.6 is 0 Å². The van der Waals surface area contributed by atoms with Gasteiger partial charge in [-0.25, -0.2) is 13.8 Å². The Morgan fingerprint density at radius 3 is 2.43 bits per heavy atom. The van der Waals surface area contributed by atoms with Gasteiger partial charge in [0.15, 0.2) is 5.96 Å². The molecule has 0 saturated carbocycles. The minimum atomic E-state index is -0.553. The van der Waals surface area contributed by atoms with Gasteiger partial charge in [-0.3, -0.25) is 4.90 Å². The van der Waals surface area contributed by atoms with Gasteiger partial charge in [0.25, 0.3) is 0 Å². The summed E-state index contributed by atoms with van der Waals surface area (Å²) in [6.07, 6.45) is 0.507. The molecule has 1 aliphatic rings. The minimum Gasteiger partial charge on any atom is -0.379 e. The molecular weight excluding hydrogens is 386 g/mol. The monoisotopic (exact) mass is 416 g/mol. The van der Waals surface area contributed by atoms with Gasteiger partial charge >= 0.3 is 0 Å². The van der Waals surface area contributed by atoms with E-state index in [-0.39, 0.29) is 0 Å². The lowest BCUT2D eigenvalue weighted by Gasteiger charge is -2.27. The third-order valence-electron chi connectivity index (χ3n) is 5.00. The molecule has 1 saturated heterocycles. The second kappa shape index (κ2) is 11.6. The van der Waals surface area contributed by atoms with E-state index < -0.39 is 11.6 Å². The first-order valence-electron chi connectivity index (χ1n) is 10.5. The number of nitrogens with zero attached hydrogens (tertiary/aromatic N) is 2. The maximum absolute atomic E-state index is 13.3. The summed E-state index contributed by atoms with van der Waals surface area (Å²) in [6.45, 7) is 8.18. The maximum Gasteiger partial charge on any atom is 0.191 e. The Bertz CT molecular complexity index is 817. The first-order valence-corrected chi connectivity index (χ1v) is 10.5. The highest BCUT2D eigenvalue weighted by atomic mass is 19.1. The molecule has 2 aromatic carbocycles. The average molecular weight is 417 g/mol. The lowest BCUT2D eigenvalue weighted by molar-refractivity contribution is 0.0341. The Morgan fingerprint density at radius 1 is 1.03 bits per heavy atom. The van der Waals surface area contributed by atoms with Crippen molar-refractivity contribution in [3.05, 3.63) is 70.8 Å². The molecule has 1 aliphatic heterocycles. The molecule has 2 N–H and O–H groups in total. The van der Waals surface area contributed by atoms with Crippen molar-refractivity contribution in [1.82, 2.24) is 15.5 Å². The second-order valence-corrected chi connectivity index (χ2v) is 7.31. The Labute approximate surface area is 177 Å². The third-order valence-corrected chi connectivity index (χ3v) is 5.00. The van der Waals surface area contributed by atoms with Crippen molar-refractivity contribution in [1.29, 1.82) is 0 Å². The molecule has 5 nitrogen and oxygen atoms in total. The molecule has 1 fully saturated rings. The molecule has 3 rings (SSSR count). The molecule has 0 aliphatic carbocycles. The second-order valence-electron chi connectivity index (χ2n) is 7.31. The predicted octanol–water partition coefficient (Wildman–Crippen LogP) is 3.09. The van der Waals surface area contributed by atoms with Crippen LogP contribution in [0.1, 0.15) is 23.6 Å². The number of nitrogens with one attached hydrogen (secondary N) is 2. The van der Waals surface area contributed by atoms with E-state index in [1.165, 1.54) is 23.3 Å². The Hall–Kier alpha value is -2.51. The summed E-state index contributed by atoms with van der Waals surface area (Å²) in [4.78, 5) is 7.10. The number of rotatable bonds is 8. The zero-order chi connectivity index (χ0) is 21.2. The Kier molecular flexibility index (Phi) is 8.59. The molecule has 0 amide bonds. The quantitative estimate of drug-likeness (QED) is 0.513. The van der Waals surface area contributed by atoms with Gasteiger partial charge in [0, 0.05) is 38.8 Å². The van der Waals surface area contributed by atoms with E-state index in [0.717, 1.165) is 45.5 Å². The van der Waals surface area contributed by atoms with Gasteiger partial charge in [-0.05, 0) is 42.2 Å². The van der Waals surface area contributed by atoms with Crippen molar-refractivity contribution >= 4 is 5.96 Å². The fourth-order valence-corrected chi connectivity index (χ4v) is 3.45. The van der Waals surface area contributed by atoms with E-state index in [9.17, 15) is 8.78 Å². The summed E-state index contributed by atoms with van der Waals surface area (Å²) in [7, 11) is 0. The lowest BCUT2D eigenvalue weighted by atomic mass is 10.1. The standard InChI is InChI=1S/C23H30F2N4O/c1-2-26-23(27-8-7-18-13-21(24)15-22(25)14-18)28-16-19-5-3-4-6-20(19)17-29-9-11-30-12-10-29/h3-6,13-15H,2,7-12,16-17H2,1H3,(H2,26,27,28). The molecule has 1 heterocycles. The highest BCUT2D eigenvalue weighted by Gasteiger charge is 2.12. The van der Waals surface area contributed by atoms with Crippen molar-refractivity contribution < 1.29 is 13.5 Å². The van der Waals surface area contributed by atoms with Gasteiger partial charge in [0.2, 0.25) is 0 Å². The van der Waals surface area contributed by atoms with Crippen molar-refractivity contribution in [2.24, 2.45) is 4.99 Å². The molecule has 0 spiro atoms. The van der Waals surface area contributed by atoms with Crippen LogP contribution < -0.4 is 10.6 Å². The zero-order valence-corrected chi connectivity index (χ0v) is 17.5. The SMILES string of the molecule is CCNC(=NCc1ccccc1CN1CCOCC1)NCCc1cc(F)cc(F)c1. The number of benzene rings is 2. The Morgan fingerprint density at radius 2 is 1.73 bits per heavy atom. The molecular formula is C23H30F2N4O. The number of aliphatic imine (C=N–C) groups is 1. The maximum atomic E-state index is 13.3. The number of hydrogen-bond acceptors (Lipinski definition) is 3. The van der Waals surface area contributed by atoms with Crippen LogP contribution in [0.15, 0.2) is 47.5 Å². The van der Waals surface area contributed by atoms with Crippen LogP contribution in [0.4, 0.5) is 8.78 Å².